The van der Waals surface area contributed by atoms with E-state index in [4.69, 9.17) is 0 Å². The molecule has 0 amide bonds. The Bertz CT molecular complexity index is 216. The van der Waals surface area contributed by atoms with Crippen LogP contribution in [0.1, 0.15) is 86.0 Å². The van der Waals surface area contributed by atoms with Crippen molar-refractivity contribution >= 4 is 0 Å². The Labute approximate surface area is 128 Å². The molecule has 0 bridgehead atoms. The Kier molecular flexibility index (Phi) is 12.0. The number of nitrogens with zero attached hydrogens (tertiary/aromatic N) is 1. The van der Waals surface area contributed by atoms with E-state index in [9.17, 15) is 0 Å². The van der Waals surface area contributed by atoms with Crippen LogP contribution in [0, 0.1) is 11.8 Å². The second-order valence-electron chi connectivity index (χ2n) is 6.47. The lowest BCUT2D eigenvalue weighted by molar-refractivity contribution is 0.224. The first-order valence-corrected chi connectivity index (χ1v) is 8.99. The summed E-state index contributed by atoms with van der Waals surface area (Å²) in [6, 6.07) is 0. The van der Waals surface area contributed by atoms with Crippen LogP contribution in [-0.2, 0) is 0 Å². The molecule has 0 saturated carbocycles. The monoisotopic (exact) mass is 281 g/mol. The van der Waals surface area contributed by atoms with Gasteiger partial charge in [-0.3, -0.25) is 0 Å². The van der Waals surface area contributed by atoms with E-state index in [1.54, 1.807) is 0 Å². The SMILES string of the molecule is C=C(C)N(CC(CC)CCCC)CC(CC)CCCC. The molecule has 0 radical (unpaired) electrons. The van der Waals surface area contributed by atoms with Crippen molar-refractivity contribution in [3.63, 3.8) is 0 Å². The summed E-state index contributed by atoms with van der Waals surface area (Å²) >= 11 is 0. The smallest absolute Gasteiger partial charge is 0.0203 e. The fraction of sp³-hybridized carbons (Fsp3) is 0.895. The zero-order valence-electron chi connectivity index (χ0n) is 14.9. The molecule has 2 unspecified atom stereocenters. The Morgan fingerprint density at radius 1 is 0.850 bits per heavy atom. The standard InChI is InChI=1S/C19H39N/c1-7-11-13-18(9-3)15-20(17(5)6)16-19(10-4)14-12-8-2/h18-19H,5,7-16H2,1-4,6H3. The molecule has 0 fully saturated rings. The molecule has 0 aliphatic carbocycles. The van der Waals surface area contributed by atoms with Crippen LogP contribution in [0.5, 0.6) is 0 Å². The first-order chi connectivity index (χ1) is 9.58. The van der Waals surface area contributed by atoms with Gasteiger partial charge in [-0.15, -0.1) is 0 Å². The van der Waals surface area contributed by atoms with Crippen molar-refractivity contribution in [2.75, 3.05) is 13.1 Å². The van der Waals surface area contributed by atoms with Crippen molar-refractivity contribution < 1.29 is 0 Å². The summed E-state index contributed by atoms with van der Waals surface area (Å²) in [5, 5.41) is 0. The van der Waals surface area contributed by atoms with E-state index in [0.29, 0.717) is 0 Å². The minimum Gasteiger partial charge on any atom is -0.375 e. The van der Waals surface area contributed by atoms with Crippen molar-refractivity contribution in [1.29, 1.82) is 0 Å². The fourth-order valence-electron chi connectivity index (χ4n) is 2.84. The normalized spacial score (nSPS) is 14.1. The second-order valence-corrected chi connectivity index (χ2v) is 6.47. The van der Waals surface area contributed by atoms with Crippen molar-refractivity contribution in [2.45, 2.75) is 86.0 Å². The molecule has 2 atom stereocenters. The van der Waals surface area contributed by atoms with Gasteiger partial charge in [-0.25, -0.2) is 0 Å². The van der Waals surface area contributed by atoms with Crippen molar-refractivity contribution in [2.24, 2.45) is 11.8 Å². The molecule has 20 heavy (non-hydrogen) atoms. The molecule has 0 spiro atoms. The van der Waals surface area contributed by atoms with Gasteiger partial charge >= 0.3 is 0 Å². The number of rotatable bonds is 13. The Hall–Kier alpha value is -0.460. The molecule has 0 aromatic carbocycles. The molecule has 120 valence electrons. The van der Waals surface area contributed by atoms with E-state index in [2.05, 4.69) is 46.1 Å². The van der Waals surface area contributed by atoms with Crippen LogP contribution >= 0.6 is 0 Å². The largest absolute Gasteiger partial charge is 0.375 e. The first-order valence-electron chi connectivity index (χ1n) is 8.99. The van der Waals surface area contributed by atoms with E-state index >= 15 is 0 Å². The van der Waals surface area contributed by atoms with Crippen LogP contribution in [0.3, 0.4) is 0 Å². The van der Waals surface area contributed by atoms with Gasteiger partial charge in [-0.1, -0.05) is 72.8 Å². The van der Waals surface area contributed by atoms with Crippen molar-refractivity contribution in [1.82, 2.24) is 4.90 Å². The maximum absolute atomic E-state index is 4.22. The third kappa shape index (κ3) is 8.66. The van der Waals surface area contributed by atoms with Crippen LogP contribution in [0.25, 0.3) is 0 Å². The Morgan fingerprint density at radius 2 is 1.25 bits per heavy atom. The van der Waals surface area contributed by atoms with E-state index in [1.165, 1.54) is 70.2 Å². The van der Waals surface area contributed by atoms with Gasteiger partial charge in [0.25, 0.3) is 0 Å². The van der Waals surface area contributed by atoms with Crippen molar-refractivity contribution in [3.8, 4) is 0 Å². The highest BCUT2D eigenvalue weighted by Gasteiger charge is 2.16. The maximum atomic E-state index is 4.22. The summed E-state index contributed by atoms with van der Waals surface area (Å²) in [7, 11) is 0. The lowest BCUT2D eigenvalue weighted by atomic mass is 9.95. The van der Waals surface area contributed by atoms with Crippen LogP contribution in [0.15, 0.2) is 12.3 Å². The lowest BCUT2D eigenvalue weighted by Gasteiger charge is -2.32. The van der Waals surface area contributed by atoms with E-state index in [1.807, 2.05) is 0 Å². The minimum absolute atomic E-state index is 0.843. The van der Waals surface area contributed by atoms with Gasteiger partial charge < -0.3 is 4.90 Å². The summed E-state index contributed by atoms with van der Waals surface area (Å²) in [4.78, 5) is 2.56. The average molecular weight is 282 g/mol. The zero-order valence-corrected chi connectivity index (χ0v) is 14.9. The highest BCUT2D eigenvalue weighted by atomic mass is 15.1. The molecular weight excluding hydrogens is 242 g/mol. The molecule has 1 nitrogen and oxygen atoms in total. The summed E-state index contributed by atoms with van der Waals surface area (Å²) in [6.07, 6.45) is 10.7. The molecule has 0 aromatic heterocycles. The average Bonchev–Trinajstić information content (AvgIpc) is 2.45. The lowest BCUT2D eigenvalue weighted by Crippen LogP contribution is -2.32. The fourth-order valence-corrected chi connectivity index (χ4v) is 2.84. The number of hydrogen-bond donors (Lipinski definition) is 0. The van der Waals surface area contributed by atoms with E-state index in [0.717, 1.165) is 11.8 Å². The van der Waals surface area contributed by atoms with E-state index in [-0.39, 0.29) is 0 Å². The van der Waals surface area contributed by atoms with Crippen LogP contribution in [-0.4, -0.2) is 18.0 Å². The highest BCUT2D eigenvalue weighted by Crippen LogP contribution is 2.20. The molecular formula is C19H39N. The van der Waals surface area contributed by atoms with Gasteiger partial charge in [0.15, 0.2) is 0 Å². The summed E-state index contributed by atoms with van der Waals surface area (Å²) in [5.74, 6) is 1.69. The quantitative estimate of drug-likeness (QED) is 0.385. The third-order valence-corrected chi connectivity index (χ3v) is 4.58. The predicted octanol–water partition coefficient (Wildman–Crippen LogP) is 6.25. The summed E-state index contributed by atoms with van der Waals surface area (Å²) in [5.41, 5.74) is 1.26. The third-order valence-electron chi connectivity index (χ3n) is 4.58. The van der Waals surface area contributed by atoms with Gasteiger partial charge in [0.2, 0.25) is 0 Å². The van der Waals surface area contributed by atoms with Crippen LogP contribution in [0.2, 0.25) is 0 Å². The highest BCUT2D eigenvalue weighted by molar-refractivity contribution is 4.90. The molecule has 0 heterocycles. The molecule has 1 heteroatoms. The first kappa shape index (κ1) is 19.5. The number of hydrogen-bond acceptors (Lipinski definition) is 1. The summed E-state index contributed by atoms with van der Waals surface area (Å²) < 4.78 is 0. The van der Waals surface area contributed by atoms with Crippen molar-refractivity contribution in [3.05, 3.63) is 12.3 Å². The topological polar surface area (TPSA) is 3.24 Å². The summed E-state index contributed by atoms with van der Waals surface area (Å²) in [6.45, 7) is 18.1. The van der Waals surface area contributed by atoms with E-state index < -0.39 is 0 Å². The molecule has 0 rings (SSSR count). The van der Waals surface area contributed by atoms with Gasteiger partial charge in [0.1, 0.15) is 0 Å². The molecule has 0 aromatic rings. The Morgan fingerprint density at radius 3 is 1.50 bits per heavy atom. The molecule has 0 saturated heterocycles. The van der Waals surface area contributed by atoms with Gasteiger partial charge in [-0.2, -0.15) is 0 Å². The molecule has 0 aliphatic heterocycles. The van der Waals surface area contributed by atoms with Gasteiger partial charge in [-0.05, 0) is 31.6 Å². The predicted molar refractivity (Wildman–Crippen MR) is 93.0 cm³/mol. The van der Waals surface area contributed by atoms with Crippen LogP contribution in [0.4, 0.5) is 0 Å². The molecule has 0 N–H and O–H groups in total. The number of unbranched alkanes of at least 4 members (excludes halogenated alkanes) is 2. The van der Waals surface area contributed by atoms with Crippen LogP contribution < -0.4 is 0 Å². The van der Waals surface area contributed by atoms with Gasteiger partial charge in [0, 0.05) is 18.8 Å². The Balaban J connectivity index is 4.41. The maximum Gasteiger partial charge on any atom is 0.0203 e. The zero-order chi connectivity index (χ0) is 15.4. The number of allylic oxidation sites excluding steroid dienone is 1. The molecule has 0 aliphatic rings. The van der Waals surface area contributed by atoms with Gasteiger partial charge in [0.05, 0.1) is 0 Å². The second kappa shape index (κ2) is 12.3. The minimum atomic E-state index is 0.843.